The highest BCUT2D eigenvalue weighted by molar-refractivity contribution is 6.30. The van der Waals surface area contributed by atoms with Crippen LogP contribution in [0, 0.1) is 0 Å². The lowest BCUT2D eigenvalue weighted by atomic mass is 9.92. The van der Waals surface area contributed by atoms with Crippen molar-refractivity contribution in [3.8, 4) is 23.1 Å². The number of methoxy groups -OCH3 is 2. The van der Waals surface area contributed by atoms with Gasteiger partial charge in [0.2, 0.25) is 5.88 Å². The van der Waals surface area contributed by atoms with Crippen LogP contribution in [0.5, 0.6) is 11.9 Å². The summed E-state index contributed by atoms with van der Waals surface area (Å²) in [7, 11) is 3.10. The van der Waals surface area contributed by atoms with Gasteiger partial charge in [0.05, 0.1) is 42.8 Å². The van der Waals surface area contributed by atoms with Gasteiger partial charge < -0.3 is 18.9 Å². The summed E-state index contributed by atoms with van der Waals surface area (Å²) >= 11 is 6.23. The molecule has 3 heterocycles. The van der Waals surface area contributed by atoms with E-state index in [4.69, 9.17) is 21.1 Å². The summed E-state index contributed by atoms with van der Waals surface area (Å²) in [6.07, 6.45) is 7.32. The zero-order valence-corrected chi connectivity index (χ0v) is 21.4. The molecule has 1 aliphatic carbocycles. The molecule has 5 rings (SSSR count). The predicted octanol–water partition coefficient (Wildman–Crippen LogP) is 6.07. The number of fused-ring (bicyclic) bond motifs is 1. The Morgan fingerprint density at radius 2 is 1.74 bits per heavy atom. The zero-order valence-electron chi connectivity index (χ0n) is 20.6. The van der Waals surface area contributed by atoms with Crippen LogP contribution >= 0.6 is 11.6 Å². The Balaban J connectivity index is 1.71. The van der Waals surface area contributed by atoms with Crippen molar-refractivity contribution in [2.75, 3.05) is 14.2 Å². The molecule has 7 nitrogen and oxygen atoms in total. The van der Waals surface area contributed by atoms with Crippen LogP contribution in [0.25, 0.3) is 11.3 Å². The van der Waals surface area contributed by atoms with E-state index < -0.39 is 0 Å². The van der Waals surface area contributed by atoms with Crippen molar-refractivity contribution in [2.45, 2.75) is 64.1 Å². The molecule has 0 spiro atoms. The van der Waals surface area contributed by atoms with Crippen LogP contribution in [0.3, 0.4) is 0 Å². The van der Waals surface area contributed by atoms with Gasteiger partial charge in [-0.2, -0.15) is 4.98 Å². The van der Waals surface area contributed by atoms with Crippen molar-refractivity contribution in [1.29, 1.82) is 0 Å². The summed E-state index contributed by atoms with van der Waals surface area (Å²) in [5.74, 6) is 0.496. The minimum absolute atomic E-state index is 0.0842. The number of hydrogen-bond donors (Lipinski definition) is 0. The summed E-state index contributed by atoms with van der Waals surface area (Å²) in [5.41, 5.74) is 4.39. The minimum atomic E-state index is -0.181. The van der Waals surface area contributed by atoms with Gasteiger partial charge >= 0.3 is 6.01 Å². The Bertz CT molecular complexity index is 1230. The maximum absolute atomic E-state index is 14.0. The number of nitrogens with zero attached hydrogens (tertiary/aromatic N) is 4. The van der Waals surface area contributed by atoms with Crippen LogP contribution in [0.2, 0.25) is 5.02 Å². The first-order valence-corrected chi connectivity index (χ1v) is 12.6. The molecule has 0 bridgehead atoms. The molecule has 1 aliphatic heterocycles. The Hall–Kier alpha value is -3.06. The second-order valence-electron chi connectivity index (χ2n) is 9.53. The SMILES string of the molecule is COc1ncc(-c2cc3c(n2C(C)C)C(c2ccc(Cl)cc2)N(C2CCCCC2)C3=O)c(OC)n1. The average Bonchev–Trinajstić information content (AvgIpc) is 3.40. The van der Waals surface area contributed by atoms with Crippen LogP contribution < -0.4 is 9.47 Å². The van der Waals surface area contributed by atoms with E-state index in [9.17, 15) is 4.79 Å². The van der Waals surface area contributed by atoms with Gasteiger partial charge in [-0.3, -0.25) is 4.79 Å². The van der Waals surface area contributed by atoms with Crippen LogP contribution in [-0.4, -0.2) is 45.6 Å². The zero-order chi connectivity index (χ0) is 24.7. The van der Waals surface area contributed by atoms with Crippen LogP contribution in [0.4, 0.5) is 0 Å². The molecule has 0 N–H and O–H groups in total. The molecule has 0 saturated heterocycles. The lowest BCUT2D eigenvalue weighted by Gasteiger charge is -2.37. The van der Waals surface area contributed by atoms with Gasteiger partial charge in [0.15, 0.2) is 0 Å². The number of ether oxygens (including phenoxy) is 2. The third-order valence-electron chi connectivity index (χ3n) is 7.13. The first-order chi connectivity index (χ1) is 16.9. The topological polar surface area (TPSA) is 69.5 Å². The van der Waals surface area contributed by atoms with E-state index in [1.807, 2.05) is 30.3 Å². The highest BCUT2D eigenvalue weighted by Crippen LogP contribution is 2.47. The van der Waals surface area contributed by atoms with E-state index in [2.05, 4.69) is 33.3 Å². The number of rotatable bonds is 6. The first-order valence-electron chi connectivity index (χ1n) is 12.2. The molecular weight excluding hydrogens is 464 g/mol. The van der Waals surface area contributed by atoms with Gasteiger partial charge in [0.1, 0.15) is 0 Å². The normalized spacial score (nSPS) is 18.3. The van der Waals surface area contributed by atoms with Gasteiger partial charge in [-0.05, 0) is 50.5 Å². The molecule has 35 heavy (non-hydrogen) atoms. The summed E-state index contributed by atoms with van der Waals surface area (Å²) in [4.78, 5) is 24.9. The highest BCUT2D eigenvalue weighted by Gasteiger charge is 2.45. The Labute approximate surface area is 211 Å². The molecule has 1 atom stereocenters. The van der Waals surface area contributed by atoms with E-state index in [0.29, 0.717) is 10.9 Å². The molecular formula is C27H31ClN4O3. The smallest absolute Gasteiger partial charge is 0.319 e. The fourth-order valence-electron chi connectivity index (χ4n) is 5.62. The Kier molecular flexibility index (Phi) is 6.45. The Morgan fingerprint density at radius 3 is 2.37 bits per heavy atom. The first kappa shape index (κ1) is 23.7. The lowest BCUT2D eigenvalue weighted by Crippen LogP contribution is -2.40. The largest absolute Gasteiger partial charge is 0.480 e. The standard InChI is InChI=1S/C27H31ClN4O3/c1-16(2)31-22(21-15-29-27(35-4)30-25(21)34-3)14-20-24(31)23(17-10-12-18(28)13-11-17)32(26(20)33)19-8-6-5-7-9-19/h10-16,19,23H,5-9H2,1-4H3. The number of benzene rings is 1. The number of amides is 1. The summed E-state index contributed by atoms with van der Waals surface area (Å²) in [6, 6.07) is 10.3. The number of carbonyl (C=O) groups excluding carboxylic acids is 1. The molecule has 1 saturated carbocycles. The van der Waals surface area contributed by atoms with Crippen molar-refractivity contribution in [3.63, 3.8) is 0 Å². The van der Waals surface area contributed by atoms with Crippen molar-refractivity contribution < 1.29 is 14.3 Å². The molecule has 184 valence electrons. The number of aromatic nitrogens is 3. The van der Waals surface area contributed by atoms with E-state index in [0.717, 1.165) is 53.8 Å². The molecule has 1 amide bonds. The Morgan fingerprint density at radius 1 is 1.03 bits per heavy atom. The number of hydrogen-bond acceptors (Lipinski definition) is 5. The molecule has 0 radical (unpaired) electrons. The van der Waals surface area contributed by atoms with E-state index in [1.165, 1.54) is 13.5 Å². The summed E-state index contributed by atoms with van der Waals surface area (Å²) in [6.45, 7) is 4.26. The predicted molar refractivity (Wildman–Crippen MR) is 135 cm³/mol. The number of carbonyl (C=O) groups is 1. The molecule has 3 aromatic rings. The van der Waals surface area contributed by atoms with E-state index in [1.54, 1.807) is 13.3 Å². The summed E-state index contributed by atoms with van der Waals surface area (Å²) in [5, 5.41) is 0.683. The lowest BCUT2D eigenvalue weighted by molar-refractivity contribution is 0.0606. The van der Waals surface area contributed by atoms with Crippen LogP contribution in [0.1, 0.15) is 79.7 Å². The van der Waals surface area contributed by atoms with E-state index >= 15 is 0 Å². The van der Waals surface area contributed by atoms with Gasteiger partial charge in [0, 0.05) is 23.3 Å². The van der Waals surface area contributed by atoms with Gasteiger partial charge in [0.25, 0.3) is 5.91 Å². The molecule has 1 aromatic carbocycles. The molecule has 2 aromatic heterocycles. The maximum Gasteiger partial charge on any atom is 0.319 e. The second kappa shape index (κ2) is 9.53. The highest BCUT2D eigenvalue weighted by atomic mass is 35.5. The van der Waals surface area contributed by atoms with Gasteiger partial charge in [-0.1, -0.05) is 43.0 Å². The van der Waals surface area contributed by atoms with Gasteiger partial charge in [-0.15, -0.1) is 0 Å². The maximum atomic E-state index is 14.0. The van der Waals surface area contributed by atoms with Crippen molar-refractivity contribution in [2.24, 2.45) is 0 Å². The monoisotopic (exact) mass is 494 g/mol. The minimum Gasteiger partial charge on any atom is -0.480 e. The second-order valence-corrected chi connectivity index (χ2v) is 9.97. The number of halogens is 1. The third-order valence-corrected chi connectivity index (χ3v) is 7.38. The molecule has 1 unspecified atom stereocenters. The van der Waals surface area contributed by atoms with Crippen molar-refractivity contribution in [3.05, 3.63) is 58.4 Å². The van der Waals surface area contributed by atoms with E-state index in [-0.39, 0.29) is 30.0 Å². The van der Waals surface area contributed by atoms with Crippen LogP contribution in [0.15, 0.2) is 36.5 Å². The van der Waals surface area contributed by atoms with Crippen molar-refractivity contribution in [1.82, 2.24) is 19.4 Å². The molecule has 1 fully saturated rings. The fourth-order valence-corrected chi connectivity index (χ4v) is 5.75. The third kappa shape index (κ3) is 4.05. The molecule has 2 aliphatic rings. The average molecular weight is 495 g/mol. The van der Waals surface area contributed by atoms with Crippen LogP contribution in [-0.2, 0) is 0 Å². The molecule has 8 heteroatoms. The van der Waals surface area contributed by atoms with Gasteiger partial charge in [-0.25, -0.2) is 4.98 Å². The quantitative estimate of drug-likeness (QED) is 0.415. The summed E-state index contributed by atoms with van der Waals surface area (Å²) < 4.78 is 13.0. The fraction of sp³-hybridized carbons (Fsp3) is 0.444. The van der Waals surface area contributed by atoms with Crippen molar-refractivity contribution >= 4 is 17.5 Å².